The summed E-state index contributed by atoms with van der Waals surface area (Å²) in [4.78, 5) is 11.7. The van der Waals surface area contributed by atoms with Gasteiger partial charge in [-0.05, 0) is 30.5 Å². The molecule has 20 heavy (non-hydrogen) atoms. The van der Waals surface area contributed by atoms with Gasteiger partial charge in [-0.3, -0.25) is 4.79 Å². The molecule has 0 saturated heterocycles. The van der Waals surface area contributed by atoms with Crippen molar-refractivity contribution in [1.29, 1.82) is 0 Å². The van der Waals surface area contributed by atoms with Gasteiger partial charge in [0.25, 0.3) is 0 Å². The molecule has 0 saturated carbocycles. The largest absolute Gasteiger partial charge is 0.399 e. The van der Waals surface area contributed by atoms with E-state index in [1.807, 2.05) is 19.1 Å². The van der Waals surface area contributed by atoms with E-state index in [0.717, 1.165) is 5.56 Å². The van der Waals surface area contributed by atoms with Crippen LogP contribution >= 0.6 is 0 Å². The zero-order chi connectivity index (χ0) is 15.3. The van der Waals surface area contributed by atoms with Crippen LogP contribution < -0.4 is 11.1 Å². The fourth-order valence-electron chi connectivity index (χ4n) is 1.95. The number of hydrogen-bond donors (Lipinski definition) is 2. The molecule has 0 radical (unpaired) electrons. The van der Waals surface area contributed by atoms with E-state index in [-0.39, 0.29) is 18.2 Å². The minimum Gasteiger partial charge on any atom is -0.399 e. The zero-order valence-electron chi connectivity index (χ0n) is 11.5. The summed E-state index contributed by atoms with van der Waals surface area (Å²) < 4.78 is 36.5. The highest BCUT2D eigenvalue weighted by molar-refractivity contribution is 5.77. The SMILES string of the molecule is CC(CC(F)(F)F)NC(=O)CC(C)c1ccc(N)cc1. The molecule has 0 aliphatic carbocycles. The van der Waals surface area contributed by atoms with Crippen molar-refractivity contribution in [3.05, 3.63) is 29.8 Å². The van der Waals surface area contributed by atoms with Crippen molar-refractivity contribution < 1.29 is 18.0 Å². The number of anilines is 1. The Morgan fingerprint density at radius 1 is 1.25 bits per heavy atom. The summed E-state index contributed by atoms with van der Waals surface area (Å²) in [5, 5.41) is 2.36. The van der Waals surface area contributed by atoms with Gasteiger partial charge in [-0.15, -0.1) is 0 Å². The normalized spacial score (nSPS) is 14.7. The molecule has 0 spiro atoms. The highest BCUT2D eigenvalue weighted by Crippen LogP contribution is 2.22. The average Bonchev–Trinajstić information content (AvgIpc) is 2.26. The second kappa shape index (κ2) is 6.63. The van der Waals surface area contributed by atoms with Gasteiger partial charge < -0.3 is 11.1 Å². The Kier molecular flexibility index (Phi) is 5.42. The monoisotopic (exact) mass is 288 g/mol. The van der Waals surface area contributed by atoms with Crippen molar-refractivity contribution in [1.82, 2.24) is 5.32 Å². The molecule has 0 aliphatic heterocycles. The van der Waals surface area contributed by atoms with Gasteiger partial charge in [-0.1, -0.05) is 19.1 Å². The quantitative estimate of drug-likeness (QED) is 0.817. The Morgan fingerprint density at radius 3 is 2.30 bits per heavy atom. The summed E-state index contributed by atoms with van der Waals surface area (Å²) in [5.74, 6) is -0.459. The molecule has 1 amide bonds. The number of nitrogens with two attached hydrogens (primary N) is 1. The van der Waals surface area contributed by atoms with Crippen LogP contribution in [0, 0.1) is 0 Å². The van der Waals surface area contributed by atoms with Gasteiger partial charge in [0.15, 0.2) is 0 Å². The number of halogens is 3. The van der Waals surface area contributed by atoms with Crippen LogP contribution in [0.15, 0.2) is 24.3 Å². The van der Waals surface area contributed by atoms with E-state index in [9.17, 15) is 18.0 Å². The van der Waals surface area contributed by atoms with Crippen molar-refractivity contribution in [2.45, 2.75) is 44.8 Å². The van der Waals surface area contributed by atoms with E-state index >= 15 is 0 Å². The maximum atomic E-state index is 12.2. The first kappa shape index (κ1) is 16.3. The summed E-state index contributed by atoms with van der Waals surface area (Å²) in [6.45, 7) is 3.19. The van der Waals surface area contributed by atoms with E-state index in [2.05, 4.69) is 5.32 Å². The van der Waals surface area contributed by atoms with Gasteiger partial charge >= 0.3 is 6.18 Å². The Morgan fingerprint density at radius 2 is 1.80 bits per heavy atom. The van der Waals surface area contributed by atoms with Gasteiger partial charge in [0.05, 0.1) is 6.42 Å². The molecule has 0 bridgehead atoms. The number of hydrogen-bond acceptors (Lipinski definition) is 2. The van der Waals surface area contributed by atoms with Crippen LogP contribution in [0.25, 0.3) is 0 Å². The first-order chi connectivity index (χ1) is 9.17. The van der Waals surface area contributed by atoms with Crippen LogP contribution in [0.4, 0.5) is 18.9 Å². The van der Waals surface area contributed by atoms with Gasteiger partial charge in [-0.2, -0.15) is 13.2 Å². The minimum absolute atomic E-state index is 0.0753. The summed E-state index contributed by atoms with van der Waals surface area (Å²) >= 11 is 0. The minimum atomic E-state index is -4.27. The third-order valence-electron chi connectivity index (χ3n) is 2.94. The van der Waals surface area contributed by atoms with E-state index < -0.39 is 18.6 Å². The molecule has 3 N–H and O–H groups in total. The highest BCUT2D eigenvalue weighted by Gasteiger charge is 2.30. The molecule has 0 aromatic heterocycles. The number of amides is 1. The van der Waals surface area contributed by atoms with Gasteiger partial charge in [0.2, 0.25) is 5.91 Å². The van der Waals surface area contributed by atoms with E-state index in [1.165, 1.54) is 6.92 Å². The first-order valence-corrected chi connectivity index (χ1v) is 6.39. The molecule has 0 aliphatic rings. The molecule has 112 valence electrons. The maximum absolute atomic E-state index is 12.2. The smallest absolute Gasteiger partial charge is 0.391 e. The van der Waals surface area contributed by atoms with Crippen molar-refractivity contribution in [3.63, 3.8) is 0 Å². The molecule has 0 fully saturated rings. The standard InChI is InChI=1S/C14H19F3N2O/c1-9(11-3-5-12(18)6-4-11)7-13(20)19-10(2)8-14(15,16)17/h3-6,9-10H,7-8,18H2,1-2H3,(H,19,20). The van der Waals surface area contributed by atoms with Crippen LogP contribution in [0.3, 0.4) is 0 Å². The molecule has 3 nitrogen and oxygen atoms in total. The number of alkyl halides is 3. The molecule has 1 aromatic rings. The molecule has 0 heterocycles. The number of nitrogen functional groups attached to an aromatic ring is 1. The summed E-state index contributed by atoms with van der Waals surface area (Å²) in [5.41, 5.74) is 7.12. The lowest BCUT2D eigenvalue weighted by Crippen LogP contribution is -2.36. The average molecular weight is 288 g/mol. The highest BCUT2D eigenvalue weighted by atomic mass is 19.4. The molecular weight excluding hydrogens is 269 g/mol. The summed E-state index contributed by atoms with van der Waals surface area (Å²) in [7, 11) is 0. The van der Waals surface area contributed by atoms with Crippen molar-refractivity contribution >= 4 is 11.6 Å². The lowest BCUT2D eigenvalue weighted by Gasteiger charge is -2.17. The van der Waals surface area contributed by atoms with Crippen molar-refractivity contribution in [2.75, 3.05) is 5.73 Å². The molecule has 1 aromatic carbocycles. The fourth-order valence-corrected chi connectivity index (χ4v) is 1.95. The Balaban J connectivity index is 2.47. The number of carbonyl (C=O) groups is 1. The number of nitrogens with one attached hydrogen (secondary N) is 1. The number of benzene rings is 1. The van der Waals surface area contributed by atoms with Crippen molar-refractivity contribution in [3.8, 4) is 0 Å². The van der Waals surface area contributed by atoms with Crippen LogP contribution in [0.5, 0.6) is 0 Å². The number of rotatable bonds is 5. The zero-order valence-corrected chi connectivity index (χ0v) is 11.5. The Bertz CT molecular complexity index is 443. The predicted molar refractivity (Wildman–Crippen MR) is 72.2 cm³/mol. The van der Waals surface area contributed by atoms with Crippen LogP contribution in [-0.2, 0) is 4.79 Å². The third-order valence-corrected chi connectivity index (χ3v) is 2.94. The van der Waals surface area contributed by atoms with Gasteiger partial charge in [0.1, 0.15) is 0 Å². The molecule has 6 heteroatoms. The third kappa shape index (κ3) is 5.95. The van der Waals surface area contributed by atoms with Crippen LogP contribution in [0.1, 0.15) is 38.2 Å². The topological polar surface area (TPSA) is 55.1 Å². The first-order valence-electron chi connectivity index (χ1n) is 6.39. The predicted octanol–water partition coefficient (Wildman–Crippen LogP) is 3.22. The van der Waals surface area contributed by atoms with Gasteiger partial charge in [-0.25, -0.2) is 0 Å². The Hall–Kier alpha value is -1.72. The summed E-state index contributed by atoms with van der Waals surface area (Å²) in [6, 6.07) is 6.17. The van der Waals surface area contributed by atoms with Crippen molar-refractivity contribution in [2.24, 2.45) is 0 Å². The molecule has 2 unspecified atom stereocenters. The molecule has 1 rings (SSSR count). The van der Waals surface area contributed by atoms with E-state index in [0.29, 0.717) is 5.69 Å². The lowest BCUT2D eigenvalue weighted by molar-refractivity contribution is -0.141. The van der Waals surface area contributed by atoms with Gasteiger partial charge in [0, 0.05) is 18.2 Å². The second-order valence-electron chi connectivity index (χ2n) is 5.06. The summed E-state index contributed by atoms with van der Waals surface area (Å²) in [6.07, 6.45) is -5.14. The number of carbonyl (C=O) groups excluding carboxylic acids is 1. The lowest BCUT2D eigenvalue weighted by atomic mass is 9.97. The maximum Gasteiger partial charge on any atom is 0.391 e. The van der Waals surface area contributed by atoms with E-state index in [1.54, 1.807) is 12.1 Å². The fraction of sp³-hybridized carbons (Fsp3) is 0.500. The van der Waals surface area contributed by atoms with Crippen LogP contribution in [0.2, 0.25) is 0 Å². The Labute approximate surface area is 116 Å². The van der Waals surface area contributed by atoms with Crippen LogP contribution in [-0.4, -0.2) is 18.1 Å². The molecular formula is C14H19F3N2O. The van der Waals surface area contributed by atoms with E-state index in [4.69, 9.17) is 5.73 Å². The second-order valence-corrected chi connectivity index (χ2v) is 5.06. The molecule has 2 atom stereocenters.